The second-order valence-electron chi connectivity index (χ2n) is 6.90. The molecule has 2 unspecified atom stereocenters. The van der Waals surface area contributed by atoms with Crippen molar-refractivity contribution in [1.29, 1.82) is 0 Å². The maximum Gasteiger partial charge on any atom is 0.226 e. The number of benzene rings is 1. The minimum Gasteiger partial charge on any atom is -0.368 e. The third-order valence-corrected chi connectivity index (χ3v) is 4.66. The highest BCUT2D eigenvalue weighted by Gasteiger charge is 2.49. The first-order valence-corrected chi connectivity index (χ1v) is 8.55. The molecule has 1 saturated heterocycles. The van der Waals surface area contributed by atoms with Crippen molar-refractivity contribution in [3.05, 3.63) is 30.1 Å². The highest BCUT2D eigenvalue weighted by molar-refractivity contribution is 5.92. The van der Waals surface area contributed by atoms with Crippen LogP contribution in [0.3, 0.4) is 0 Å². The summed E-state index contributed by atoms with van der Waals surface area (Å²) in [7, 11) is 0. The number of anilines is 1. The first kappa shape index (κ1) is 16.7. The molecule has 3 rings (SSSR count). The van der Waals surface area contributed by atoms with Crippen molar-refractivity contribution in [1.82, 2.24) is 10.2 Å². The third-order valence-electron chi connectivity index (χ3n) is 4.66. The summed E-state index contributed by atoms with van der Waals surface area (Å²) in [5, 5.41) is 2.88. The first-order valence-electron chi connectivity index (χ1n) is 8.55. The first-order chi connectivity index (χ1) is 11.5. The predicted octanol–water partition coefficient (Wildman–Crippen LogP) is 1.63. The van der Waals surface area contributed by atoms with Crippen molar-refractivity contribution >= 4 is 17.5 Å². The van der Waals surface area contributed by atoms with Gasteiger partial charge in [0.1, 0.15) is 5.82 Å². The minimum atomic E-state index is -0.244. The van der Waals surface area contributed by atoms with Gasteiger partial charge in [-0.2, -0.15) is 0 Å². The quantitative estimate of drug-likeness (QED) is 0.911. The highest BCUT2D eigenvalue weighted by atomic mass is 19.1. The predicted molar refractivity (Wildman–Crippen MR) is 90.1 cm³/mol. The standard InChI is InChI=1S/C18H24FN3O2/c1-12(2)20-17(23)15-11-16(15)18(24)22-9-7-21(8-10-22)14-5-3-13(19)4-6-14/h3-6,12,15-16H,7-11H2,1-2H3,(H,20,23). The average Bonchev–Trinajstić information content (AvgIpc) is 3.35. The van der Waals surface area contributed by atoms with Gasteiger partial charge in [-0.3, -0.25) is 9.59 Å². The Morgan fingerprint density at radius 3 is 2.29 bits per heavy atom. The van der Waals surface area contributed by atoms with Crippen LogP contribution in [-0.4, -0.2) is 48.9 Å². The van der Waals surface area contributed by atoms with Gasteiger partial charge in [0.15, 0.2) is 0 Å². The molecular formula is C18H24FN3O2. The van der Waals surface area contributed by atoms with E-state index in [1.54, 1.807) is 12.1 Å². The minimum absolute atomic E-state index is 0.00621. The van der Waals surface area contributed by atoms with Crippen molar-refractivity contribution in [3.8, 4) is 0 Å². The van der Waals surface area contributed by atoms with Crippen LogP contribution in [-0.2, 0) is 9.59 Å². The fourth-order valence-corrected chi connectivity index (χ4v) is 3.22. The van der Waals surface area contributed by atoms with Crippen LogP contribution in [0.1, 0.15) is 20.3 Å². The van der Waals surface area contributed by atoms with Gasteiger partial charge in [0, 0.05) is 37.9 Å². The summed E-state index contributed by atoms with van der Waals surface area (Å²) in [5.41, 5.74) is 0.976. The average molecular weight is 333 g/mol. The smallest absolute Gasteiger partial charge is 0.226 e. The lowest BCUT2D eigenvalue weighted by molar-refractivity contribution is -0.135. The molecule has 1 aliphatic heterocycles. The van der Waals surface area contributed by atoms with E-state index in [1.165, 1.54) is 12.1 Å². The second kappa shape index (κ2) is 6.79. The molecule has 2 amide bonds. The molecule has 5 nitrogen and oxygen atoms in total. The summed E-state index contributed by atoms with van der Waals surface area (Å²) in [6.45, 7) is 6.59. The summed E-state index contributed by atoms with van der Waals surface area (Å²) in [5.74, 6) is -0.464. The molecule has 1 aromatic rings. The fraction of sp³-hybridized carbons (Fsp3) is 0.556. The van der Waals surface area contributed by atoms with E-state index in [0.717, 1.165) is 18.8 Å². The maximum atomic E-state index is 13.0. The maximum absolute atomic E-state index is 13.0. The molecule has 130 valence electrons. The Labute approximate surface area is 141 Å². The number of amides is 2. The van der Waals surface area contributed by atoms with Crippen molar-refractivity contribution < 1.29 is 14.0 Å². The molecule has 0 bridgehead atoms. The van der Waals surface area contributed by atoms with Gasteiger partial charge in [-0.05, 0) is 44.5 Å². The largest absolute Gasteiger partial charge is 0.368 e. The van der Waals surface area contributed by atoms with Crippen molar-refractivity contribution in [2.24, 2.45) is 11.8 Å². The van der Waals surface area contributed by atoms with Gasteiger partial charge in [-0.1, -0.05) is 0 Å². The fourth-order valence-electron chi connectivity index (χ4n) is 3.22. The molecular weight excluding hydrogens is 309 g/mol. The zero-order valence-electron chi connectivity index (χ0n) is 14.2. The molecule has 0 radical (unpaired) electrons. The van der Waals surface area contributed by atoms with E-state index in [4.69, 9.17) is 0 Å². The molecule has 1 aliphatic carbocycles. The molecule has 2 aliphatic rings. The SMILES string of the molecule is CC(C)NC(=O)C1CC1C(=O)N1CCN(c2ccc(F)cc2)CC1. The molecule has 6 heteroatoms. The Morgan fingerprint density at radius 1 is 1.08 bits per heavy atom. The van der Waals surface area contributed by atoms with Crippen LogP contribution in [0.5, 0.6) is 0 Å². The number of carbonyl (C=O) groups is 2. The van der Waals surface area contributed by atoms with Gasteiger partial charge in [-0.25, -0.2) is 4.39 Å². The summed E-state index contributed by atoms with van der Waals surface area (Å²) in [4.78, 5) is 28.5. The molecule has 1 heterocycles. The lowest BCUT2D eigenvalue weighted by atomic mass is 10.2. The zero-order valence-corrected chi connectivity index (χ0v) is 14.2. The molecule has 2 fully saturated rings. The topological polar surface area (TPSA) is 52.7 Å². The van der Waals surface area contributed by atoms with Gasteiger partial charge in [0.25, 0.3) is 0 Å². The number of nitrogens with one attached hydrogen (secondary N) is 1. The Kier molecular flexibility index (Phi) is 4.73. The van der Waals surface area contributed by atoms with Crippen LogP contribution in [0.25, 0.3) is 0 Å². The van der Waals surface area contributed by atoms with Gasteiger partial charge < -0.3 is 15.1 Å². The van der Waals surface area contributed by atoms with Crippen molar-refractivity contribution in [2.75, 3.05) is 31.1 Å². The van der Waals surface area contributed by atoms with Crippen LogP contribution < -0.4 is 10.2 Å². The normalized spacial score (nSPS) is 23.3. The monoisotopic (exact) mass is 333 g/mol. The number of rotatable bonds is 4. The van der Waals surface area contributed by atoms with E-state index in [0.29, 0.717) is 19.5 Å². The van der Waals surface area contributed by atoms with Crippen LogP contribution in [0.2, 0.25) is 0 Å². The third kappa shape index (κ3) is 3.68. The Hall–Kier alpha value is -2.11. The van der Waals surface area contributed by atoms with Crippen LogP contribution >= 0.6 is 0 Å². The zero-order chi connectivity index (χ0) is 17.3. The number of hydrogen-bond donors (Lipinski definition) is 1. The molecule has 1 N–H and O–H groups in total. The number of halogens is 1. The van der Waals surface area contributed by atoms with E-state index in [2.05, 4.69) is 10.2 Å². The van der Waals surface area contributed by atoms with E-state index < -0.39 is 0 Å². The van der Waals surface area contributed by atoms with Gasteiger partial charge in [0.05, 0.1) is 11.8 Å². The molecule has 0 aromatic heterocycles. The van der Waals surface area contributed by atoms with Crippen LogP contribution in [0.4, 0.5) is 10.1 Å². The van der Waals surface area contributed by atoms with Gasteiger partial charge >= 0.3 is 0 Å². The molecule has 0 spiro atoms. The summed E-state index contributed by atoms with van der Waals surface area (Å²) < 4.78 is 13.0. The van der Waals surface area contributed by atoms with Crippen LogP contribution in [0.15, 0.2) is 24.3 Å². The molecule has 2 atom stereocenters. The van der Waals surface area contributed by atoms with E-state index >= 15 is 0 Å². The van der Waals surface area contributed by atoms with E-state index in [-0.39, 0.29) is 35.5 Å². The van der Waals surface area contributed by atoms with E-state index in [1.807, 2.05) is 18.7 Å². The lowest BCUT2D eigenvalue weighted by Crippen LogP contribution is -2.49. The highest BCUT2D eigenvalue weighted by Crippen LogP contribution is 2.40. The van der Waals surface area contributed by atoms with Crippen molar-refractivity contribution in [2.45, 2.75) is 26.3 Å². The number of hydrogen-bond acceptors (Lipinski definition) is 3. The van der Waals surface area contributed by atoms with Crippen LogP contribution in [0, 0.1) is 17.7 Å². The Morgan fingerprint density at radius 2 is 1.71 bits per heavy atom. The Bertz CT molecular complexity index is 609. The van der Waals surface area contributed by atoms with Gasteiger partial charge in [-0.15, -0.1) is 0 Å². The Balaban J connectivity index is 1.49. The number of nitrogens with zero attached hydrogens (tertiary/aromatic N) is 2. The summed E-state index contributed by atoms with van der Waals surface area (Å²) in [6.07, 6.45) is 0.662. The lowest BCUT2D eigenvalue weighted by Gasteiger charge is -2.36. The summed E-state index contributed by atoms with van der Waals surface area (Å²) >= 11 is 0. The number of carbonyl (C=O) groups excluding carboxylic acids is 2. The van der Waals surface area contributed by atoms with E-state index in [9.17, 15) is 14.0 Å². The van der Waals surface area contributed by atoms with Crippen molar-refractivity contribution in [3.63, 3.8) is 0 Å². The summed E-state index contributed by atoms with van der Waals surface area (Å²) in [6, 6.07) is 6.54. The second-order valence-corrected chi connectivity index (χ2v) is 6.90. The number of piperazine rings is 1. The molecule has 24 heavy (non-hydrogen) atoms. The molecule has 1 aromatic carbocycles. The molecule has 1 saturated carbocycles. The van der Waals surface area contributed by atoms with Gasteiger partial charge in [0.2, 0.25) is 11.8 Å².